The Balaban J connectivity index is 2.05. The number of pyridine rings is 1. The van der Waals surface area contributed by atoms with Crippen LogP contribution >= 0.6 is 0 Å². The normalized spacial score (nSPS) is 32.4. The minimum atomic E-state index is -2.00. The molecule has 7 heteroatoms. The van der Waals surface area contributed by atoms with Crippen LogP contribution in [0.25, 0.3) is 0 Å². The molecule has 0 radical (unpaired) electrons. The molecule has 2 fully saturated rings. The zero-order valence-corrected chi connectivity index (χ0v) is 15.0. The van der Waals surface area contributed by atoms with Gasteiger partial charge < -0.3 is 9.47 Å². The first-order valence-corrected chi connectivity index (χ1v) is 8.63. The molecule has 1 aromatic heterocycles. The number of ether oxygens (including phenoxy) is 2. The van der Waals surface area contributed by atoms with Gasteiger partial charge in [-0.1, -0.05) is 36.4 Å². The molecule has 0 spiro atoms. The number of hydrogen-bond acceptors (Lipinski definition) is 7. The van der Waals surface area contributed by atoms with Gasteiger partial charge in [0.25, 0.3) is 0 Å². The molecule has 1 N–H and O–H groups in total. The van der Waals surface area contributed by atoms with Crippen molar-refractivity contribution in [3.05, 3.63) is 66.0 Å². The number of nitrogens with zero attached hydrogens (tertiary/aromatic N) is 4. The standard InChI is InChI=1S/C21H15N5O2/c1-19-16(14-6-3-2-4-7-14)21(13-24,18(25)28-19)20(11-22,12-23)17(27-19)15-8-5-9-26-10-15/h2-10,16-17,25H,1H3/t16-,17+,19+,21-/m0/s1. The summed E-state index contributed by atoms with van der Waals surface area (Å²) < 4.78 is 12.0. The Morgan fingerprint density at radius 1 is 1.00 bits per heavy atom. The van der Waals surface area contributed by atoms with E-state index in [1.807, 2.05) is 18.2 Å². The molecule has 2 aliphatic heterocycles. The summed E-state index contributed by atoms with van der Waals surface area (Å²) in [7, 11) is 0. The second-order valence-electron chi connectivity index (χ2n) is 7.03. The molecule has 2 aliphatic rings. The van der Waals surface area contributed by atoms with Crippen molar-refractivity contribution in [2.24, 2.45) is 10.8 Å². The third-order valence-electron chi connectivity index (χ3n) is 5.64. The van der Waals surface area contributed by atoms with Crippen LogP contribution in [0.2, 0.25) is 0 Å². The summed E-state index contributed by atoms with van der Waals surface area (Å²) in [5, 5.41) is 39.2. The number of hydrogen-bond donors (Lipinski definition) is 1. The summed E-state index contributed by atoms with van der Waals surface area (Å²) in [6, 6.07) is 18.5. The molecule has 0 aliphatic carbocycles. The third-order valence-corrected chi connectivity index (χ3v) is 5.64. The highest BCUT2D eigenvalue weighted by Gasteiger charge is 2.79. The predicted octanol–water partition coefficient (Wildman–Crippen LogP) is 3.20. The van der Waals surface area contributed by atoms with Crippen LogP contribution in [0.4, 0.5) is 0 Å². The summed E-state index contributed by atoms with van der Waals surface area (Å²) in [6.07, 6.45) is 1.95. The van der Waals surface area contributed by atoms with E-state index in [4.69, 9.17) is 14.9 Å². The minimum absolute atomic E-state index is 0.430. The number of rotatable bonds is 2. The van der Waals surface area contributed by atoms with Crippen LogP contribution in [0.1, 0.15) is 30.1 Å². The summed E-state index contributed by atoms with van der Waals surface area (Å²) in [4.78, 5) is 4.06. The number of nitrogens with one attached hydrogen (secondary N) is 1. The fourth-order valence-corrected chi connectivity index (χ4v) is 4.46. The molecule has 0 unspecified atom stereocenters. The van der Waals surface area contributed by atoms with Crippen molar-refractivity contribution < 1.29 is 9.47 Å². The summed E-state index contributed by atoms with van der Waals surface area (Å²) >= 11 is 0. The zero-order valence-electron chi connectivity index (χ0n) is 15.0. The van der Waals surface area contributed by atoms with E-state index >= 15 is 0 Å². The molecule has 28 heavy (non-hydrogen) atoms. The number of fused-ring (bicyclic) bond motifs is 2. The highest BCUT2D eigenvalue weighted by Crippen LogP contribution is 2.69. The molecule has 4 atom stereocenters. The van der Waals surface area contributed by atoms with Crippen molar-refractivity contribution in [2.45, 2.75) is 24.7 Å². The maximum Gasteiger partial charge on any atom is 0.218 e. The van der Waals surface area contributed by atoms with Gasteiger partial charge in [0.2, 0.25) is 17.1 Å². The molecule has 4 rings (SSSR count). The minimum Gasteiger partial charge on any atom is -0.447 e. The zero-order chi connectivity index (χ0) is 20.0. The average Bonchev–Trinajstić information content (AvgIpc) is 2.92. The highest BCUT2D eigenvalue weighted by atomic mass is 16.7. The Kier molecular flexibility index (Phi) is 3.72. The van der Waals surface area contributed by atoms with E-state index in [9.17, 15) is 15.8 Å². The van der Waals surface area contributed by atoms with Gasteiger partial charge in [-0.3, -0.25) is 10.4 Å². The molecule has 0 saturated carbocycles. The van der Waals surface area contributed by atoms with Gasteiger partial charge in [-0.2, -0.15) is 15.8 Å². The molecule has 3 heterocycles. The van der Waals surface area contributed by atoms with E-state index in [2.05, 4.69) is 11.1 Å². The van der Waals surface area contributed by atoms with E-state index in [-0.39, 0.29) is 0 Å². The quantitative estimate of drug-likeness (QED) is 0.866. The number of benzene rings is 1. The largest absolute Gasteiger partial charge is 0.447 e. The molecule has 2 saturated heterocycles. The number of aromatic nitrogens is 1. The van der Waals surface area contributed by atoms with Crippen LogP contribution in [0.15, 0.2) is 54.9 Å². The SMILES string of the molecule is C[C@@]12OC(=N)[C@](C#N)([C@H]1c1ccccc1)C(C#N)(C#N)[C@@H](c1cccnc1)O2. The van der Waals surface area contributed by atoms with Crippen LogP contribution in [0.5, 0.6) is 0 Å². The van der Waals surface area contributed by atoms with Crippen LogP contribution in [0, 0.1) is 50.2 Å². The second kappa shape index (κ2) is 5.89. The lowest BCUT2D eigenvalue weighted by Crippen LogP contribution is -2.57. The maximum atomic E-state index is 10.3. The monoisotopic (exact) mass is 369 g/mol. The van der Waals surface area contributed by atoms with Gasteiger partial charge in [-0.05, 0) is 11.6 Å². The molecule has 7 nitrogen and oxygen atoms in total. The Morgan fingerprint density at radius 2 is 1.68 bits per heavy atom. The van der Waals surface area contributed by atoms with Gasteiger partial charge >= 0.3 is 0 Å². The fourth-order valence-electron chi connectivity index (χ4n) is 4.46. The average molecular weight is 369 g/mol. The van der Waals surface area contributed by atoms with E-state index in [0.29, 0.717) is 11.1 Å². The maximum absolute atomic E-state index is 10.3. The smallest absolute Gasteiger partial charge is 0.218 e. The van der Waals surface area contributed by atoms with E-state index in [0.717, 1.165) is 0 Å². The number of nitriles is 3. The Labute approximate surface area is 161 Å². The van der Waals surface area contributed by atoms with Crippen molar-refractivity contribution in [3.63, 3.8) is 0 Å². The van der Waals surface area contributed by atoms with Crippen LogP contribution in [-0.4, -0.2) is 16.7 Å². The molecule has 1 aromatic carbocycles. The molecular weight excluding hydrogens is 354 g/mol. The molecule has 136 valence electrons. The van der Waals surface area contributed by atoms with E-state index in [1.54, 1.807) is 49.5 Å². The van der Waals surface area contributed by atoms with Gasteiger partial charge in [0, 0.05) is 24.9 Å². The Hall–Kier alpha value is -3.73. The highest BCUT2D eigenvalue weighted by molar-refractivity contribution is 5.90. The molecule has 0 amide bonds. The van der Waals surface area contributed by atoms with Gasteiger partial charge in [-0.25, -0.2) is 0 Å². The first-order valence-electron chi connectivity index (χ1n) is 8.63. The van der Waals surface area contributed by atoms with Crippen molar-refractivity contribution in [2.75, 3.05) is 0 Å². The molecule has 2 bridgehead atoms. The van der Waals surface area contributed by atoms with Crippen LogP contribution in [0.3, 0.4) is 0 Å². The molecule has 2 aromatic rings. The van der Waals surface area contributed by atoms with E-state index in [1.165, 1.54) is 6.20 Å². The summed E-state index contributed by atoms with van der Waals surface area (Å²) in [6.45, 7) is 1.64. The van der Waals surface area contributed by atoms with Crippen LogP contribution in [-0.2, 0) is 9.47 Å². The van der Waals surface area contributed by atoms with Crippen molar-refractivity contribution >= 4 is 5.90 Å². The van der Waals surface area contributed by atoms with Crippen LogP contribution < -0.4 is 0 Å². The van der Waals surface area contributed by atoms with Gasteiger partial charge in [0.05, 0.1) is 24.1 Å². The Morgan fingerprint density at radius 3 is 2.25 bits per heavy atom. The lowest BCUT2D eigenvalue weighted by atomic mass is 9.52. The lowest BCUT2D eigenvalue weighted by Gasteiger charge is -2.48. The van der Waals surface area contributed by atoms with Crippen molar-refractivity contribution in [1.29, 1.82) is 21.2 Å². The Bertz CT molecular complexity index is 1050. The first-order chi connectivity index (χ1) is 13.5. The van der Waals surface area contributed by atoms with E-state index < -0.39 is 34.5 Å². The fraction of sp³-hybridized carbons (Fsp3) is 0.286. The van der Waals surface area contributed by atoms with Crippen molar-refractivity contribution in [1.82, 2.24) is 4.98 Å². The topological polar surface area (TPSA) is 127 Å². The lowest BCUT2D eigenvalue weighted by molar-refractivity contribution is -0.253. The predicted molar refractivity (Wildman–Crippen MR) is 96.2 cm³/mol. The second-order valence-corrected chi connectivity index (χ2v) is 7.03. The van der Waals surface area contributed by atoms with Crippen molar-refractivity contribution in [3.8, 4) is 18.2 Å². The molecular formula is C21H15N5O2. The first kappa shape index (κ1) is 17.7. The third kappa shape index (κ3) is 1.93. The van der Waals surface area contributed by atoms with Gasteiger partial charge in [0.1, 0.15) is 6.10 Å². The van der Waals surface area contributed by atoms with Gasteiger partial charge in [0.15, 0.2) is 5.41 Å². The summed E-state index contributed by atoms with van der Waals surface area (Å²) in [5.74, 6) is -2.65. The van der Waals surface area contributed by atoms with Gasteiger partial charge in [-0.15, -0.1) is 0 Å². The summed E-state index contributed by atoms with van der Waals surface area (Å²) in [5.41, 5.74) is -2.71.